The highest BCUT2D eigenvalue weighted by molar-refractivity contribution is 6.06. The van der Waals surface area contributed by atoms with E-state index in [-0.39, 0.29) is 17.8 Å². The maximum Gasteiger partial charge on any atom is 0.281 e. The molecule has 0 aliphatic carbocycles. The van der Waals surface area contributed by atoms with Crippen molar-refractivity contribution in [2.45, 2.75) is 6.42 Å². The van der Waals surface area contributed by atoms with Gasteiger partial charge in [0.25, 0.3) is 11.9 Å². The Morgan fingerprint density at radius 3 is 2.76 bits per heavy atom. The number of benzene rings is 1. The normalized spacial score (nSPS) is 21.6. The first-order chi connectivity index (χ1) is 12.1. The van der Waals surface area contributed by atoms with Crippen LogP contribution in [0.5, 0.6) is 0 Å². The molecule has 3 rings (SSSR count). The molecule has 9 heteroatoms. The summed E-state index contributed by atoms with van der Waals surface area (Å²) in [5, 5.41) is 22.4. The van der Waals surface area contributed by atoms with E-state index in [9.17, 15) is 14.9 Å². The van der Waals surface area contributed by atoms with Gasteiger partial charge in [-0.3, -0.25) is 9.69 Å². The number of carbonyl (C=O) groups excluding carboxylic acids is 1. The third-order valence-electron chi connectivity index (χ3n) is 4.30. The van der Waals surface area contributed by atoms with E-state index in [1.54, 1.807) is 17.0 Å². The monoisotopic (exact) mass is 343 g/mol. The number of hydrogen-bond acceptors (Lipinski definition) is 5. The van der Waals surface area contributed by atoms with Crippen molar-refractivity contribution in [1.82, 2.24) is 9.80 Å². The molecule has 130 valence electrons. The van der Waals surface area contributed by atoms with Gasteiger partial charge in [0.05, 0.1) is 18.2 Å². The Morgan fingerprint density at radius 2 is 2.16 bits per heavy atom. The van der Waals surface area contributed by atoms with Crippen molar-refractivity contribution in [2.75, 3.05) is 32.8 Å². The van der Waals surface area contributed by atoms with Crippen molar-refractivity contribution in [3.63, 3.8) is 0 Å². The number of amides is 1. The van der Waals surface area contributed by atoms with Crippen LogP contribution in [0.3, 0.4) is 0 Å². The fraction of sp³-hybridized carbons (Fsp3) is 0.438. The summed E-state index contributed by atoms with van der Waals surface area (Å²) in [6.07, 6.45) is 0.895. The minimum atomic E-state index is -0.780. The second kappa shape index (κ2) is 7.27. The van der Waals surface area contributed by atoms with Crippen LogP contribution in [0.25, 0.3) is 0 Å². The summed E-state index contributed by atoms with van der Waals surface area (Å²) in [5.74, 6) is -0.0246. The van der Waals surface area contributed by atoms with Gasteiger partial charge in [-0.1, -0.05) is 0 Å². The molecule has 0 N–H and O–H groups in total. The highest BCUT2D eigenvalue weighted by atomic mass is 16.7. The summed E-state index contributed by atoms with van der Waals surface area (Å²) in [6.45, 7) is 2.70. The third-order valence-corrected chi connectivity index (χ3v) is 4.30. The molecule has 0 spiro atoms. The number of nitrogens with zero attached hydrogens (tertiary/aromatic N) is 5. The van der Waals surface area contributed by atoms with Gasteiger partial charge in [-0.15, -0.1) is 0 Å². The van der Waals surface area contributed by atoms with Crippen molar-refractivity contribution in [2.24, 2.45) is 11.0 Å². The standard InChI is InChI=1S/C16H17N5O4/c17-9-12-1-3-14(4-2-12)15(22)20-7-6-19(16(20)18-21(23)24)10-13-5-8-25-11-13/h1-4,13H,5-8,10-11H2. The van der Waals surface area contributed by atoms with Gasteiger partial charge >= 0.3 is 0 Å². The lowest BCUT2D eigenvalue weighted by molar-refractivity contribution is -0.486. The molecule has 1 atom stereocenters. The van der Waals surface area contributed by atoms with E-state index in [0.29, 0.717) is 44.0 Å². The summed E-state index contributed by atoms with van der Waals surface area (Å²) >= 11 is 0. The van der Waals surface area contributed by atoms with Gasteiger partial charge in [0.1, 0.15) is 5.10 Å². The summed E-state index contributed by atoms with van der Waals surface area (Å²) < 4.78 is 5.34. The number of rotatable bonds is 4. The van der Waals surface area contributed by atoms with Crippen LogP contribution in [0.2, 0.25) is 0 Å². The van der Waals surface area contributed by atoms with Gasteiger partial charge in [0, 0.05) is 37.7 Å². The molecule has 1 amide bonds. The van der Waals surface area contributed by atoms with E-state index < -0.39 is 5.03 Å². The zero-order valence-corrected chi connectivity index (χ0v) is 13.5. The molecule has 2 aliphatic rings. The second-order valence-electron chi connectivity index (χ2n) is 5.96. The van der Waals surface area contributed by atoms with Crippen LogP contribution in [0.15, 0.2) is 29.4 Å². The number of ether oxygens (including phenoxy) is 1. The van der Waals surface area contributed by atoms with Crippen LogP contribution in [0.1, 0.15) is 22.3 Å². The van der Waals surface area contributed by atoms with Crippen molar-refractivity contribution < 1.29 is 14.6 Å². The average molecular weight is 343 g/mol. The third kappa shape index (κ3) is 3.75. The fourth-order valence-electron chi connectivity index (χ4n) is 3.03. The molecule has 2 saturated heterocycles. The molecule has 2 heterocycles. The molecule has 2 aliphatic heterocycles. The first-order valence-corrected chi connectivity index (χ1v) is 7.96. The van der Waals surface area contributed by atoms with Gasteiger partial charge in [-0.25, -0.2) is 10.1 Å². The van der Waals surface area contributed by atoms with Crippen LogP contribution >= 0.6 is 0 Å². The van der Waals surface area contributed by atoms with Gasteiger partial charge in [0.15, 0.2) is 5.03 Å². The maximum atomic E-state index is 12.7. The minimum absolute atomic E-state index is 0.0614. The summed E-state index contributed by atoms with van der Waals surface area (Å²) in [7, 11) is 0. The maximum absolute atomic E-state index is 12.7. The summed E-state index contributed by atoms with van der Waals surface area (Å²) in [6, 6.07) is 8.15. The van der Waals surface area contributed by atoms with Gasteiger partial charge in [0.2, 0.25) is 0 Å². The molecule has 0 aromatic heterocycles. The van der Waals surface area contributed by atoms with E-state index in [0.717, 1.165) is 6.42 Å². The Kier molecular flexibility index (Phi) is 4.90. The van der Waals surface area contributed by atoms with Crippen molar-refractivity contribution in [3.8, 4) is 6.07 Å². The summed E-state index contributed by atoms with van der Waals surface area (Å²) in [4.78, 5) is 26.7. The molecule has 25 heavy (non-hydrogen) atoms. The molecule has 1 aromatic carbocycles. The highest BCUT2D eigenvalue weighted by Crippen LogP contribution is 2.20. The number of guanidine groups is 1. The highest BCUT2D eigenvalue weighted by Gasteiger charge is 2.36. The molecule has 1 aromatic rings. The molecule has 9 nitrogen and oxygen atoms in total. The van der Waals surface area contributed by atoms with Crippen LogP contribution in [0.4, 0.5) is 0 Å². The topological polar surface area (TPSA) is 112 Å². The second-order valence-corrected chi connectivity index (χ2v) is 5.96. The molecule has 1 unspecified atom stereocenters. The van der Waals surface area contributed by atoms with Crippen molar-refractivity contribution in [3.05, 3.63) is 45.5 Å². The lowest BCUT2D eigenvalue weighted by Gasteiger charge is -2.21. The molecule has 0 saturated carbocycles. The van der Waals surface area contributed by atoms with Crippen LogP contribution < -0.4 is 0 Å². The van der Waals surface area contributed by atoms with Crippen molar-refractivity contribution in [1.29, 1.82) is 5.26 Å². The SMILES string of the molecule is N#Cc1ccc(C(=O)N2CCN(CC3CCOC3)C2=N[N+](=O)[O-])cc1. The number of hydrogen-bond donors (Lipinski definition) is 0. The lowest BCUT2D eigenvalue weighted by atomic mass is 10.1. The largest absolute Gasteiger partial charge is 0.381 e. The molecule has 0 bridgehead atoms. The quantitative estimate of drug-likeness (QED) is 0.593. The Bertz CT molecular complexity index is 734. The molecular formula is C16H17N5O4. The smallest absolute Gasteiger partial charge is 0.281 e. The van der Waals surface area contributed by atoms with E-state index >= 15 is 0 Å². The van der Waals surface area contributed by atoms with E-state index in [1.807, 2.05) is 6.07 Å². The van der Waals surface area contributed by atoms with Crippen molar-refractivity contribution >= 4 is 11.9 Å². The zero-order chi connectivity index (χ0) is 17.8. The van der Waals surface area contributed by atoms with E-state index in [2.05, 4.69) is 5.10 Å². The molecule has 0 radical (unpaired) electrons. The number of nitro groups is 1. The van der Waals surface area contributed by atoms with Crippen LogP contribution in [0, 0.1) is 27.4 Å². The fourth-order valence-corrected chi connectivity index (χ4v) is 3.03. The first kappa shape index (κ1) is 16.9. The van der Waals surface area contributed by atoms with E-state index in [4.69, 9.17) is 10.00 Å². The Morgan fingerprint density at radius 1 is 1.40 bits per heavy atom. The number of carbonyl (C=O) groups is 1. The van der Waals surface area contributed by atoms with Crippen LogP contribution in [-0.4, -0.2) is 59.5 Å². The number of nitriles is 1. The van der Waals surface area contributed by atoms with Crippen LogP contribution in [-0.2, 0) is 4.74 Å². The zero-order valence-electron chi connectivity index (χ0n) is 13.5. The minimum Gasteiger partial charge on any atom is -0.381 e. The first-order valence-electron chi connectivity index (χ1n) is 7.96. The summed E-state index contributed by atoms with van der Waals surface area (Å²) in [5.41, 5.74) is 0.807. The lowest BCUT2D eigenvalue weighted by Crippen LogP contribution is -2.40. The Balaban J connectivity index is 1.80. The van der Waals surface area contributed by atoms with Gasteiger partial charge < -0.3 is 9.64 Å². The number of hydrazone groups is 1. The van der Waals surface area contributed by atoms with Gasteiger partial charge in [-0.2, -0.15) is 5.26 Å². The molecule has 2 fully saturated rings. The van der Waals surface area contributed by atoms with Gasteiger partial charge in [-0.05, 0) is 30.7 Å². The Hall–Kier alpha value is -2.99. The molecular weight excluding hydrogens is 326 g/mol. The predicted molar refractivity (Wildman–Crippen MR) is 87.1 cm³/mol. The average Bonchev–Trinajstić information content (AvgIpc) is 3.25. The van der Waals surface area contributed by atoms with E-state index in [1.165, 1.54) is 17.0 Å². The predicted octanol–water partition coefficient (Wildman–Crippen LogP) is 0.900. The Labute approximate surface area is 144 Å².